The van der Waals surface area contributed by atoms with Gasteiger partial charge in [-0.2, -0.15) is 5.10 Å². The zero-order chi connectivity index (χ0) is 14.8. The summed E-state index contributed by atoms with van der Waals surface area (Å²) in [6, 6.07) is 8.56. The highest BCUT2D eigenvalue weighted by Gasteiger charge is 2.15. The molecule has 2 heterocycles. The number of nitrogens with zero attached hydrogens (tertiary/aromatic N) is 2. The lowest BCUT2D eigenvalue weighted by atomic mass is 10.00. The maximum Gasteiger partial charge on any atom is 0.165 e. The van der Waals surface area contributed by atoms with E-state index in [1.165, 1.54) is 13.2 Å². The molecule has 0 spiro atoms. The minimum absolute atomic E-state index is 0.203. The Morgan fingerprint density at radius 3 is 2.57 bits per heavy atom. The summed E-state index contributed by atoms with van der Waals surface area (Å²) in [4.78, 5) is 4.03. The first-order chi connectivity index (χ1) is 10.2. The fraction of sp³-hybridized carbons (Fsp3) is 0.125. The molecule has 0 aliphatic carbocycles. The molecule has 0 saturated carbocycles. The van der Waals surface area contributed by atoms with Gasteiger partial charge in [0.2, 0.25) is 0 Å². The first-order valence-corrected chi connectivity index (χ1v) is 6.50. The van der Waals surface area contributed by atoms with E-state index in [2.05, 4.69) is 15.2 Å². The Hall–Kier alpha value is -2.69. The SMILES string of the molecule is COc1cc(-c2n[nH]c(C)c2-c2ccncc2)ccc1F. The quantitative estimate of drug-likeness (QED) is 0.799. The Balaban J connectivity index is 2.17. The molecule has 0 aliphatic rings. The maximum atomic E-state index is 13.6. The number of methoxy groups -OCH3 is 1. The number of benzene rings is 1. The normalized spacial score (nSPS) is 10.6. The van der Waals surface area contributed by atoms with Gasteiger partial charge < -0.3 is 4.74 Å². The van der Waals surface area contributed by atoms with Gasteiger partial charge in [-0.05, 0) is 42.8 Å². The highest BCUT2D eigenvalue weighted by atomic mass is 19.1. The number of nitrogens with one attached hydrogen (secondary N) is 1. The molecule has 4 nitrogen and oxygen atoms in total. The second-order valence-corrected chi connectivity index (χ2v) is 4.66. The van der Waals surface area contributed by atoms with Crippen LogP contribution in [-0.2, 0) is 0 Å². The van der Waals surface area contributed by atoms with Crippen molar-refractivity contribution in [2.75, 3.05) is 7.11 Å². The summed E-state index contributed by atoms with van der Waals surface area (Å²) in [6.45, 7) is 1.95. The molecule has 0 fully saturated rings. The van der Waals surface area contributed by atoms with Crippen molar-refractivity contribution in [2.45, 2.75) is 6.92 Å². The lowest BCUT2D eigenvalue weighted by Gasteiger charge is -2.07. The molecule has 0 atom stereocenters. The van der Waals surface area contributed by atoms with Gasteiger partial charge in [0.25, 0.3) is 0 Å². The summed E-state index contributed by atoms with van der Waals surface area (Å²) in [5, 5.41) is 7.33. The van der Waals surface area contributed by atoms with Gasteiger partial charge in [-0.15, -0.1) is 0 Å². The molecule has 2 aromatic heterocycles. The van der Waals surface area contributed by atoms with Crippen LogP contribution in [0.4, 0.5) is 4.39 Å². The number of aryl methyl sites for hydroxylation is 1. The van der Waals surface area contributed by atoms with Crippen molar-refractivity contribution in [1.82, 2.24) is 15.2 Å². The van der Waals surface area contributed by atoms with E-state index >= 15 is 0 Å². The van der Waals surface area contributed by atoms with Crippen LogP contribution in [0.2, 0.25) is 0 Å². The van der Waals surface area contributed by atoms with E-state index in [9.17, 15) is 4.39 Å². The zero-order valence-electron chi connectivity index (χ0n) is 11.7. The molecule has 1 N–H and O–H groups in total. The molecular formula is C16H14FN3O. The van der Waals surface area contributed by atoms with E-state index in [1.807, 2.05) is 19.1 Å². The number of H-pyrrole nitrogens is 1. The smallest absolute Gasteiger partial charge is 0.165 e. The summed E-state index contributed by atoms with van der Waals surface area (Å²) in [5.41, 5.74) is 4.49. The Morgan fingerprint density at radius 1 is 1.10 bits per heavy atom. The molecule has 21 heavy (non-hydrogen) atoms. The van der Waals surface area contributed by atoms with E-state index in [0.717, 1.165) is 28.1 Å². The van der Waals surface area contributed by atoms with Crippen molar-refractivity contribution in [2.24, 2.45) is 0 Å². The average molecular weight is 283 g/mol. The fourth-order valence-corrected chi connectivity index (χ4v) is 2.32. The van der Waals surface area contributed by atoms with Crippen molar-refractivity contribution in [3.63, 3.8) is 0 Å². The van der Waals surface area contributed by atoms with Gasteiger partial charge in [0.05, 0.1) is 7.11 Å². The Morgan fingerprint density at radius 2 is 1.86 bits per heavy atom. The molecule has 5 heteroatoms. The highest BCUT2D eigenvalue weighted by Crippen LogP contribution is 2.34. The average Bonchev–Trinajstić information content (AvgIpc) is 2.90. The number of rotatable bonds is 3. The predicted octanol–water partition coefficient (Wildman–Crippen LogP) is 3.59. The fourth-order valence-electron chi connectivity index (χ4n) is 2.32. The van der Waals surface area contributed by atoms with E-state index < -0.39 is 0 Å². The van der Waals surface area contributed by atoms with Crippen LogP contribution in [0.25, 0.3) is 22.4 Å². The standard InChI is InChI=1S/C16H14FN3O/c1-10-15(11-5-7-18-8-6-11)16(20-19-10)12-3-4-13(17)14(9-12)21-2/h3-9H,1-2H3,(H,19,20). The van der Waals surface area contributed by atoms with E-state index in [1.54, 1.807) is 24.5 Å². The van der Waals surface area contributed by atoms with Crippen LogP contribution >= 0.6 is 0 Å². The lowest BCUT2D eigenvalue weighted by Crippen LogP contribution is -1.90. The zero-order valence-corrected chi connectivity index (χ0v) is 11.7. The van der Waals surface area contributed by atoms with Crippen LogP contribution in [0, 0.1) is 12.7 Å². The molecule has 3 rings (SSSR count). The van der Waals surface area contributed by atoms with Crippen molar-refractivity contribution >= 4 is 0 Å². The van der Waals surface area contributed by atoms with Crippen LogP contribution in [-0.4, -0.2) is 22.3 Å². The van der Waals surface area contributed by atoms with Gasteiger partial charge in [0.15, 0.2) is 11.6 Å². The van der Waals surface area contributed by atoms with E-state index in [0.29, 0.717) is 0 Å². The third-order valence-electron chi connectivity index (χ3n) is 3.34. The van der Waals surface area contributed by atoms with Crippen LogP contribution in [0.15, 0.2) is 42.7 Å². The third-order valence-corrected chi connectivity index (χ3v) is 3.34. The molecule has 0 bridgehead atoms. The molecular weight excluding hydrogens is 269 g/mol. The molecule has 0 unspecified atom stereocenters. The Labute approximate surface area is 121 Å². The Kier molecular flexibility index (Phi) is 3.39. The maximum absolute atomic E-state index is 13.6. The van der Waals surface area contributed by atoms with Gasteiger partial charge >= 0.3 is 0 Å². The number of aromatic amines is 1. The van der Waals surface area contributed by atoms with Crippen LogP contribution < -0.4 is 4.74 Å². The number of halogens is 1. The largest absolute Gasteiger partial charge is 0.494 e. The predicted molar refractivity (Wildman–Crippen MR) is 78.5 cm³/mol. The number of aromatic nitrogens is 3. The number of ether oxygens (including phenoxy) is 1. The topological polar surface area (TPSA) is 50.8 Å². The lowest BCUT2D eigenvalue weighted by molar-refractivity contribution is 0.387. The monoisotopic (exact) mass is 283 g/mol. The first-order valence-electron chi connectivity index (χ1n) is 6.50. The highest BCUT2D eigenvalue weighted by molar-refractivity contribution is 5.82. The van der Waals surface area contributed by atoms with Gasteiger partial charge in [-0.25, -0.2) is 4.39 Å². The number of hydrogen-bond acceptors (Lipinski definition) is 3. The van der Waals surface area contributed by atoms with E-state index in [4.69, 9.17) is 4.74 Å². The van der Waals surface area contributed by atoms with Crippen molar-refractivity contribution < 1.29 is 9.13 Å². The minimum atomic E-state index is -0.390. The Bertz CT molecular complexity index is 768. The van der Waals surface area contributed by atoms with Crippen LogP contribution in [0.1, 0.15) is 5.69 Å². The second-order valence-electron chi connectivity index (χ2n) is 4.66. The van der Waals surface area contributed by atoms with Crippen molar-refractivity contribution in [3.05, 3.63) is 54.2 Å². The molecule has 0 saturated heterocycles. The van der Waals surface area contributed by atoms with Crippen molar-refractivity contribution in [3.8, 4) is 28.1 Å². The molecule has 106 valence electrons. The molecule has 0 amide bonds. The summed E-state index contributed by atoms with van der Waals surface area (Å²) in [7, 11) is 1.45. The second kappa shape index (κ2) is 5.36. The molecule has 0 radical (unpaired) electrons. The van der Waals surface area contributed by atoms with Gasteiger partial charge in [0.1, 0.15) is 5.69 Å². The summed E-state index contributed by atoms with van der Waals surface area (Å²) >= 11 is 0. The first kappa shape index (κ1) is 13.3. The van der Waals surface area contributed by atoms with Crippen LogP contribution in [0.3, 0.4) is 0 Å². The molecule has 0 aliphatic heterocycles. The van der Waals surface area contributed by atoms with Gasteiger partial charge in [0, 0.05) is 29.2 Å². The number of pyridine rings is 1. The van der Waals surface area contributed by atoms with Crippen LogP contribution in [0.5, 0.6) is 5.75 Å². The van der Waals surface area contributed by atoms with Gasteiger partial charge in [-0.3, -0.25) is 10.1 Å². The van der Waals surface area contributed by atoms with Gasteiger partial charge in [-0.1, -0.05) is 0 Å². The summed E-state index contributed by atoms with van der Waals surface area (Å²) in [6.07, 6.45) is 3.47. The third kappa shape index (κ3) is 2.38. The summed E-state index contributed by atoms with van der Waals surface area (Å²) < 4.78 is 18.6. The molecule has 1 aromatic carbocycles. The molecule has 3 aromatic rings. The van der Waals surface area contributed by atoms with Crippen molar-refractivity contribution in [1.29, 1.82) is 0 Å². The van der Waals surface area contributed by atoms with E-state index in [-0.39, 0.29) is 11.6 Å². The minimum Gasteiger partial charge on any atom is -0.494 e. The number of hydrogen-bond donors (Lipinski definition) is 1. The summed E-state index contributed by atoms with van der Waals surface area (Å²) in [5.74, 6) is -0.187.